The maximum atomic E-state index is 12.6. The molecule has 2 saturated carbocycles. The predicted molar refractivity (Wildman–Crippen MR) is 50.3 cm³/mol. The lowest BCUT2D eigenvalue weighted by Crippen LogP contribution is -2.24. The van der Waals surface area contributed by atoms with Gasteiger partial charge in [0.25, 0.3) is 5.92 Å². The first kappa shape index (κ1) is 10.3. The number of hydrogen-bond acceptors (Lipinski definition) is 1. The quantitative estimate of drug-likeness (QED) is 0.749. The van der Waals surface area contributed by atoms with Crippen molar-refractivity contribution in [2.75, 3.05) is 0 Å². The van der Waals surface area contributed by atoms with Gasteiger partial charge in [0.05, 0.1) is 5.60 Å². The minimum atomic E-state index is -2.42. The molecule has 0 spiro atoms. The summed E-state index contributed by atoms with van der Waals surface area (Å²) in [6, 6.07) is 0. The molecule has 2 fully saturated rings. The third kappa shape index (κ3) is 2.08. The molecule has 0 bridgehead atoms. The van der Waals surface area contributed by atoms with Gasteiger partial charge in [-0.1, -0.05) is 6.92 Å². The van der Waals surface area contributed by atoms with Crippen LogP contribution in [0.2, 0.25) is 0 Å². The third-order valence-electron chi connectivity index (χ3n) is 3.74. The lowest BCUT2D eigenvalue weighted by molar-refractivity contribution is 0.0256. The Kier molecular flexibility index (Phi) is 2.33. The molecule has 1 N–H and O–H groups in total. The first-order valence-electron chi connectivity index (χ1n) is 5.51. The molecule has 14 heavy (non-hydrogen) atoms. The van der Waals surface area contributed by atoms with E-state index < -0.39 is 17.4 Å². The molecule has 0 aliphatic heterocycles. The molecule has 2 rings (SSSR count). The van der Waals surface area contributed by atoms with E-state index >= 15 is 0 Å². The van der Waals surface area contributed by atoms with Gasteiger partial charge >= 0.3 is 0 Å². The Morgan fingerprint density at radius 3 is 2.43 bits per heavy atom. The molecular formula is C11H18F2O. The molecule has 0 aromatic rings. The Labute approximate surface area is 83.5 Å². The van der Waals surface area contributed by atoms with E-state index in [-0.39, 0.29) is 6.42 Å². The largest absolute Gasteiger partial charge is 0.390 e. The number of aliphatic hydroxyl groups is 1. The first-order chi connectivity index (χ1) is 6.41. The summed E-state index contributed by atoms with van der Waals surface area (Å²) in [4.78, 5) is 0. The molecule has 82 valence electrons. The Bertz CT molecular complexity index is 229. The van der Waals surface area contributed by atoms with Crippen molar-refractivity contribution >= 4 is 0 Å². The molecule has 3 unspecified atom stereocenters. The summed E-state index contributed by atoms with van der Waals surface area (Å²) in [5.41, 5.74) is -0.627. The Balaban J connectivity index is 1.76. The topological polar surface area (TPSA) is 20.2 Å². The van der Waals surface area contributed by atoms with Gasteiger partial charge in [0, 0.05) is 12.3 Å². The second-order valence-electron chi connectivity index (χ2n) is 5.27. The van der Waals surface area contributed by atoms with E-state index in [0.717, 1.165) is 19.3 Å². The van der Waals surface area contributed by atoms with Crippen molar-refractivity contribution < 1.29 is 13.9 Å². The highest BCUT2D eigenvalue weighted by molar-refractivity contribution is 4.97. The van der Waals surface area contributed by atoms with Gasteiger partial charge in [0.15, 0.2) is 0 Å². The third-order valence-corrected chi connectivity index (χ3v) is 3.74. The summed E-state index contributed by atoms with van der Waals surface area (Å²) >= 11 is 0. The average molecular weight is 204 g/mol. The van der Waals surface area contributed by atoms with E-state index in [1.807, 2.05) is 0 Å². The molecule has 0 aromatic heterocycles. The Morgan fingerprint density at radius 1 is 1.36 bits per heavy atom. The standard InChI is InChI=1S/C11H18F2O/c1-8-2-4-10(14,6-8)5-3-9-7-11(9,12)13/h8-9,14H,2-7H2,1H3. The van der Waals surface area contributed by atoms with Crippen molar-refractivity contribution in [3.63, 3.8) is 0 Å². The van der Waals surface area contributed by atoms with Gasteiger partial charge in [-0.2, -0.15) is 0 Å². The van der Waals surface area contributed by atoms with E-state index in [9.17, 15) is 13.9 Å². The number of alkyl halides is 2. The summed E-state index contributed by atoms with van der Waals surface area (Å²) in [5, 5.41) is 10.1. The normalized spacial score (nSPS) is 45.4. The van der Waals surface area contributed by atoms with Gasteiger partial charge in [0.2, 0.25) is 0 Å². The van der Waals surface area contributed by atoms with E-state index in [2.05, 4.69) is 6.92 Å². The van der Waals surface area contributed by atoms with Crippen LogP contribution in [-0.2, 0) is 0 Å². The van der Waals surface area contributed by atoms with Crippen LogP contribution in [0.3, 0.4) is 0 Å². The minimum absolute atomic E-state index is 0.0403. The van der Waals surface area contributed by atoms with E-state index in [4.69, 9.17) is 0 Å². The van der Waals surface area contributed by atoms with Gasteiger partial charge in [-0.15, -0.1) is 0 Å². The molecule has 2 aliphatic carbocycles. The second-order valence-corrected chi connectivity index (χ2v) is 5.27. The summed E-state index contributed by atoms with van der Waals surface area (Å²) in [6.45, 7) is 2.11. The number of hydrogen-bond donors (Lipinski definition) is 1. The number of rotatable bonds is 3. The van der Waals surface area contributed by atoms with Gasteiger partial charge in [0.1, 0.15) is 0 Å². The van der Waals surface area contributed by atoms with E-state index in [1.165, 1.54) is 0 Å². The molecule has 0 heterocycles. The highest BCUT2D eigenvalue weighted by Crippen LogP contribution is 2.52. The van der Waals surface area contributed by atoms with Crippen LogP contribution < -0.4 is 0 Å². The van der Waals surface area contributed by atoms with Crippen LogP contribution in [-0.4, -0.2) is 16.6 Å². The van der Waals surface area contributed by atoms with Crippen molar-refractivity contribution in [2.24, 2.45) is 11.8 Å². The molecule has 3 heteroatoms. The molecule has 2 aliphatic rings. The fourth-order valence-corrected chi connectivity index (χ4v) is 2.62. The van der Waals surface area contributed by atoms with Crippen LogP contribution in [0.1, 0.15) is 45.4 Å². The fourth-order valence-electron chi connectivity index (χ4n) is 2.62. The van der Waals surface area contributed by atoms with Gasteiger partial charge in [-0.25, -0.2) is 8.78 Å². The van der Waals surface area contributed by atoms with Crippen LogP contribution in [0.15, 0.2) is 0 Å². The van der Waals surface area contributed by atoms with Crippen LogP contribution in [0, 0.1) is 11.8 Å². The molecule has 3 atom stereocenters. The molecule has 0 radical (unpaired) electrons. The molecular weight excluding hydrogens is 186 g/mol. The predicted octanol–water partition coefficient (Wildman–Crippen LogP) is 2.97. The molecule has 0 saturated heterocycles. The molecule has 0 aromatic carbocycles. The number of halogens is 2. The minimum Gasteiger partial charge on any atom is -0.390 e. The molecule has 0 amide bonds. The zero-order chi connectivity index (χ0) is 10.4. The zero-order valence-corrected chi connectivity index (χ0v) is 8.60. The summed E-state index contributed by atoms with van der Waals surface area (Å²) in [7, 11) is 0. The lowest BCUT2D eigenvalue weighted by Gasteiger charge is -2.22. The highest BCUT2D eigenvalue weighted by atomic mass is 19.3. The van der Waals surface area contributed by atoms with Crippen molar-refractivity contribution in [3.8, 4) is 0 Å². The van der Waals surface area contributed by atoms with Gasteiger partial charge < -0.3 is 5.11 Å². The summed E-state index contributed by atoms with van der Waals surface area (Å²) < 4.78 is 25.2. The van der Waals surface area contributed by atoms with Gasteiger partial charge in [-0.05, 0) is 38.0 Å². The Hall–Kier alpha value is -0.180. The van der Waals surface area contributed by atoms with Crippen LogP contribution in [0.4, 0.5) is 8.78 Å². The van der Waals surface area contributed by atoms with Crippen molar-refractivity contribution in [1.29, 1.82) is 0 Å². The second kappa shape index (κ2) is 3.16. The summed E-state index contributed by atoms with van der Waals surface area (Å²) in [5.74, 6) is -2.30. The first-order valence-corrected chi connectivity index (χ1v) is 5.51. The maximum absolute atomic E-state index is 12.6. The zero-order valence-electron chi connectivity index (χ0n) is 8.60. The van der Waals surface area contributed by atoms with Crippen molar-refractivity contribution in [1.82, 2.24) is 0 Å². The fraction of sp³-hybridized carbons (Fsp3) is 1.00. The molecule has 1 nitrogen and oxygen atoms in total. The highest BCUT2D eigenvalue weighted by Gasteiger charge is 2.56. The Morgan fingerprint density at radius 2 is 2.00 bits per heavy atom. The van der Waals surface area contributed by atoms with Gasteiger partial charge in [-0.3, -0.25) is 0 Å². The summed E-state index contributed by atoms with van der Waals surface area (Å²) in [6.07, 6.45) is 3.74. The smallest absolute Gasteiger partial charge is 0.251 e. The van der Waals surface area contributed by atoms with Crippen molar-refractivity contribution in [2.45, 2.75) is 57.0 Å². The monoisotopic (exact) mass is 204 g/mol. The SMILES string of the molecule is CC1CCC(O)(CCC2CC2(F)F)C1. The van der Waals surface area contributed by atoms with Crippen LogP contribution in [0.25, 0.3) is 0 Å². The van der Waals surface area contributed by atoms with Crippen molar-refractivity contribution in [3.05, 3.63) is 0 Å². The average Bonchev–Trinajstić information content (AvgIpc) is 2.53. The van der Waals surface area contributed by atoms with Crippen LogP contribution >= 0.6 is 0 Å². The van der Waals surface area contributed by atoms with E-state index in [0.29, 0.717) is 18.8 Å². The maximum Gasteiger partial charge on any atom is 0.251 e. The lowest BCUT2D eigenvalue weighted by atomic mass is 9.93. The van der Waals surface area contributed by atoms with Crippen LogP contribution in [0.5, 0.6) is 0 Å². The van der Waals surface area contributed by atoms with E-state index in [1.54, 1.807) is 0 Å².